The number of hydrogen-bond acceptors (Lipinski definition) is 7. The molecule has 134 valence electrons. The van der Waals surface area contributed by atoms with Crippen LogP contribution in [0.15, 0.2) is 64.4 Å². The third-order valence-electron chi connectivity index (χ3n) is 4.78. The van der Waals surface area contributed by atoms with Gasteiger partial charge >= 0.3 is 0 Å². The highest BCUT2D eigenvalue weighted by Crippen LogP contribution is 2.30. The monoisotopic (exact) mass is 360 g/mol. The van der Waals surface area contributed by atoms with Crippen molar-refractivity contribution >= 4 is 16.8 Å². The number of fused-ring (bicyclic) bond motifs is 1. The van der Waals surface area contributed by atoms with E-state index in [2.05, 4.69) is 25.2 Å². The summed E-state index contributed by atoms with van der Waals surface area (Å²) in [4.78, 5) is 18.3. The summed E-state index contributed by atoms with van der Waals surface area (Å²) in [5.74, 6) is 1.06. The molecule has 0 amide bonds. The van der Waals surface area contributed by atoms with Gasteiger partial charge in [0, 0.05) is 48.4 Å². The Bertz CT molecular complexity index is 1150. The number of rotatable bonds is 4. The van der Waals surface area contributed by atoms with E-state index < -0.39 is 0 Å². The Morgan fingerprint density at radius 3 is 2.81 bits per heavy atom. The molecule has 0 atom stereocenters. The highest BCUT2D eigenvalue weighted by molar-refractivity contribution is 5.86. The Labute approximate surface area is 154 Å². The summed E-state index contributed by atoms with van der Waals surface area (Å²) in [6, 6.07) is 8.94. The normalized spacial score (nSPS) is 14.4. The van der Waals surface area contributed by atoms with Crippen molar-refractivity contribution in [2.75, 3.05) is 18.0 Å². The molecule has 1 fully saturated rings. The summed E-state index contributed by atoms with van der Waals surface area (Å²) >= 11 is 0. The minimum Gasteiger partial charge on any atom is -0.460 e. The van der Waals surface area contributed by atoms with Crippen LogP contribution in [0, 0.1) is 5.92 Å². The molecule has 0 saturated carbocycles. The second-order valence-corrected chi connectivity index (χ2v) is 6.62. The zero-order chi connectivity index (χ0) is 18.2. The Kier molecular flexibility index (Phi) is 3.67. The molecule has 1 saturated heterocycles. The molecule has 27 heavy (non-hydrogen) atoms. The number of pyridine rings is 1. The van der Waals surface area contributed by atoms with Gasteiger partial charge in [-0.1, -0.05) is 0 Å². The van der Waals surface area contributed by atoms with Gasteiger partial charge in [-0.05, 0) is 24.3 Å². The lowest BCUT2D eigenvalue weighted by molar-refractivity contribution is 0.333. The summed E-state index contributed by atoms with van der Waals surface area (Å²) in [5.41, 5.74) is 2.35. The van der Waals surface area contributed by atoms with Crippen LogP contribution >= 0.6 is 0 Å². The predicted molar refractivity (Wildman–Crippen MR) is 99.2 cm³/mol. The highest BCUT2D eigenvalue weighted by Gasteiger charge is 2.30. The van der Waals surface area contributed by atoms with Gasteiger partial charge in [0.1, 0.15) is 0 Å². The summed E-state index contributed by atoms with van der Waals surface area (Å²) in [5, 5.41) is 13.7. The van der Waals surface area contributed by atoms with Crippen molar-refractivity contribution in [3.8, 4) is 11.3 Å². The van der Waals surface area contributed by atoms with Crippen LogP contribution in [0.1, 0.15) is 0 Å². The van der Waals surface area contributed by atoms with Gasteiger partial charge in [0.15, 0.2) is 11.4 Å². The van der Waals surface area contributed by atoms with E-state index in [-0.39, 0.29) is 5.56 Å². The van der Waals surface area contributed by atoms with Gasteiger partial charge in [0.25, 0.3) is 5.56 Å². The first-order chi connectivity index (χ1) is 13.3. The van der Waals surface area contributed by atoms with Crippen molar-refractivity contribution in [1.29, 1.82) is 0 Å². The largest absolute Gasteiger partial charge is 0.460 e. The molecule has 1 aliphatic rings. The van der Waals surface area contributed by atoms with Gasteiger partial charge in [-0.15, -0.1) is 5.10 Å². The SMILES string of the molecule is O=c1ccc(-c2ccncc2)nn1CC1CN(c2nncc3ccoc23)C1. The van der Waals surface area contributed by atoms with E-state index in [0.29, 0.717) is 12.5 Å². The Morgan fingerprint density at radius 1 is 1.11 bits per heavy atom. The summed E-state index contributed by atoms with van der Waals surface area (Å²) < 4.78 is 7.07. The van der Waals surface area contributed by atoms with E-state index in [1.54, 1.807) is 37.0 Å². The van der Waals surface area contributed by atoms with Crippen molar-refractivity contribution in [2.24, 2.45) is 5.92 Å². The first kappa shape index (κ1) is 15.7. The van der Waals surface area contributed by atoms with Crippen molar-refractivity contribution in [2.45, 2.75) is 6.54 Å². The van der Waals surface area contributed by atoms with Crippen LogP contribution in [-0.4, -0.2) is 38.1 Å². The maximum absolute atomic E-state index is 12.2. The molecule has 0 aliphatic carbocycles. The summed E-state index contributed by atoms with van der Waals surface area (Å²) in [6.07, 6.45) is 6.76. The molecule has 1 aliphatic heterocycles. The van der Waals surface area contributed by atoms with Gasteiger partial charge < -0.3 is 9.32 Å². The lowest BCUT2D eigenvalue weighted by Crippen LogP contribution is -2.50. The number of nitrogens with zero attached hydrogens (tertiary/aromatic N) is 6. The topological polar surface area (TPSA) is 89.9 Å². The lowest BCUT2D eigenvalue weighted by Gasteiger charge is -2.39. The molecule has 8 heteroatoms. The van der Waals surface area contributed by atoms with E-state index in [1.807, 2.05) is 18.2 Å². The van der Waals surface area contributed by atoms with Crippen LogP contribution in [0.5, 0.6) is 0 Å². The zero-order valence-electron chi connectivity index (χ0n) is 14.4. The number of furan rings is 1. The standard InChI is InChI=1S/C19H16N6O2/c26-17-2-1-16(14-3-6-20-7-4-14)23-25(17)12-13-10-24(11-13)19-18-15(5-8-27-18)9-21-22-19/h1-9,13H,10-12H2. The molecule has 8 nitrogen and oxygen atoms in total. The van der Waals surface area contributed by atoms with Crippen LogP contribution < -0.4 is 10.5 Å². The molecule has 5 rings (SSSR count). The average Bonchev–Trinajstić information content (AvgIpc) is 3.15. The first-order valence-electron chi connectivity index (χ1n) is 8.70. The minimum absolute atomic E-state index is 0.0980. The van der Waals surface area contributed by atoms with E-state index >= 15 is 0 Å². The number of aromatic nitrogens is 5. The molecular weight excluding hydrogens is 344 g/mol. The van der Waals surface area contributed by atoms with Gasteiger partial charge in [-0.25, -0.2) is 4.68 Å². The van der Waals surface area contributed by atoms with Crippen molar-refractivity contribution < 1.29 is 4.42 Å². The van der Waals surface area contributed by atoms with Crippen LogP contribution in [0.2, 0.25) is 0 Å². The second kappa shape index (κ2) is 6.31. The Balaban J connectivity index is 1.33. The zero-order valence-corrected chi connectivity index (χ0v) is 14.4. The van der Waals surface area contributed by atoms with E-state index in [1.165, 1.54) is 4.68 Å². The molecule has 5 heterocycles. The van der Waals surface area contributed by atoms with E-state index in [9.17, 15) is 4.79 Å². The fraction of sp³-hybridized carbons (Fsp3) is 0.211. The van der Waals surface area contributed by atoms with Gasteiger partial charge in [0.05, 0.1) is 24.7 Å². The Hall–Kier alpha value is -3.55. The molecule has 0 bridgehead atoms. The summed E-state index contributed by atoms with van der Waals surface area (Å²) in [6.45, 7) is 2.13. The number of hydrogen-bond donors (Lipinski definition) is 0. The Morgan fingerprint density at radius 2 is 1.96 bits per heavy atom. The molecule has 0 unspecified atom stereocenters. The van der Waals surface area contributed by atoms with Crippen LogP contribution in [0.3, 0.4) is 0 Å². The molecule has 0 radical (unpaired) electrons. The van der Waals surface area contributed by atoms with Gasteiger partial charge in [-0.3, -0.25) is 9.78 Å². The maximum Gasteiger partial charge on any atom is 0.266 e. The molecule has 0 aromatic carbocycles. The smallest absolute Gasteiger partial charge is 0.266 e. The van der Waals surface area contributed by atoms with Crippen molar-refractivity contribution in [3.05, 3.63) is 65.5 Å². The predicted octanol–water partition coefficient (Wildman–Crippen LogP) is 1.98. The van der Waals surface area contributed by atoms with Crippen LogP contribution in [0.25, 0.3) is 22.2 Å². The fourth-order valence-electron chi connectivity index (χ4n) is 3.36. The molecule has 4 aromatic heterocycles. The average molecular weight is 360 g/mol. The summed E-state index contributed by atoms with van der Waals surface area (Å²) in [7, 11) is 0. The van der Waals surface area contributed by atoms with Crippen molar-refractivity contribution in [3.63, 3.8) is 0 Å². The fourth-order valence-corrected chi connectivity index (χ4v) is 3.36. The molecular formula is C19H16N6O2. The molecule has 0 spiro atoms. The van der Waals surface area contributed by atoms with E-state index in [4.69, 9.17) is 4.42 Å². The number of anilines is 1. The third-order valence-corrected chi connectivity index (χ3v) is 4.78. The molecule has 0 N–H and O–H groups in total. The minimum atomic E-state index is -0.0980. The third kappa shape index (κ3) is 2.84. The quantitative estimate of drug-likeness (QED) is 0.550. The van der Waals surface area contributed by atoms with Crippen molar-refractivity contribution in [1.82, 2.24) is 25.0 Å². The molecule has 4 aromatic rings. The van der Waals surface area contributed by atoms with E-state index in [0.717, 1.165) is 41.1 Å². The van der Waals surface area contributed by atoms with Crippen LogP contribution in [-0.2, 0) is 6.54 Å². The first-order valence-corrected chi connectivity index (χ1v) is 8.70. The highest BCUT2D eigenvalue weighted by atomic mass is 16.3. The maximum atomic E-state index is 12.2. The lowest BCUT2D eigenvalue weighted by atomic mass is 10.00. The van der Waals surface area contributed by atoms with Gasteiger partial charge in [0.2, 0.25) is 0 Å². The second-order valence-electron chi connectivity index (χ2n) is 6.62. The van der Waals surface area contributed by atoms with Gasteiger partial charge in [-0.2, -0.15) is 10.2 Å². The van der Waals surface area contributed by atoms with Crippen LogP contribution in [0.4, 0.5) is 5.82 Å².